The Bertz CT molecular complexity index is 203. The molecule has 1 spiro atoms. The summed E-state index contributed by atoms with van der Waals surface area (Å²) in [4.78, 5) is 11.4. The minimum Gasteiger partial charge on any atom is -0.316 e. The first kappa shape index (κ1) is 9.66. The summed E-state index contributed by atoms with van der Waals surface area (Å²) in [6.45, 7) is 2.30. The van der Waals surface area contributed by atoms with Crippen LogP contribution in [0.5, 0.6) is 0 Å². The van der Waals surface area contributed by atoms with Crippen molar-refractivity contribution in [1.29, 1.82) is 0 Å². The van der Waals surface area contributed by atoms with Crippen LogP contribution in [-0.2, 0) is 4.79 Å². The molecule has 0 bridgehead atoms. The van der Waals surface area contributed by atoms with E-state index in [-0.39, 0.29) is 0 Å². The Balaban J connectivity index is 1.85. The van der Waals surface area contributed by atoms with Gasteiger partial charge in [0.25, 0.3) is 0 Å². The molecule has 0 aromatic rings. The van der Waals surface area contributed by atoms with Gasteiger partial charge in [-0.05, 0) is 37.6 Å². The molecule has 0 amide bonds. The van der Waals surface area contributed by atoms with E-state index in [1.807, 2.05) is 0 Å². The van der Waals surface area contributed by atoms with Crippen LogP contribution in [0.15, 0.2) is 0 Å². The Morgan fingerprint density at radius 3 is 2.85 bits per heavy atom. The molecule has 0 atom stereocenters. The summed E-state index contributed by atoms with van der Waals surface area (Å²) in [7, 11) is 0. The largest absolute Gasteiger partial charge is 0.316 e. The molecule has 1 N–H and O–H groups in total. The summed E-state index contributed by atoms with van der Waals surface area (Å²) >= 11 is 3.24. The van der Waals surface area contributed by atoms with Crippen LogP contribution in [0.2, 0.25) is 0 Å². The number of alkyl halides is 1. The third-order valence-electron chi connectivity index (χ3n) is 3.51. The third kappa shape index (κ3) is 1.82. The summed E-state index contributed by atoms with van der Waals surface area (Å²) in [5, 5.41) is 3.97. The fraction of sp³-hybridized carbons (Fsp3) is 0.900. The summed E-state index contributed by atoms with van der Waals surface area (Å²) in [5.41, 5.74) is 0.501. The number of Topliss-reactive ketones (excluding diaryl/α,β-unsaturated/α-hetero) is 1. The number of piperidine rings is 1. The molecule has 2 aliphatic rings. The highest BCUT2D eigenvalue weighted by Gasteiger charge is 2.46. The Labute approximate surface area is 87.6 Å². The molecule has 74 valence electrons. The normalized spacial score (nSPS) is 38.7. The quantitative estimate of drug-likeness (QED) is 0.752. The molecule has 0 radical (unpaired) electrons. The standard InChI is InChI=1S/C10H16BrNO/c11-6-9(13)8-4-10(5-8)2-1-3-12-7-10/h8,12H,1-7H2. The summed E-state index contributed by atoms with van der Waals surface area (Å²) in [6.07, 6.45) is 4.87. The Morgan fingerprint density at radius 2 is 2.31 bits per heavy atom. The molecule has 2 rings (SSSR count). The maximum Gasteiger partial charge on any atom is 0.146 e. The fourth-order valence-electron chi connectivity index (χ4n) is 2.70. The summed E-state index contributed by atoms with van der Waals surface area (Å²) < 4.78 is 0. The van der Waals surface area contributed by atoms with Crippen molar-refractivity contribution in [2.45, 2.75) is 25.7 Å². The minimum atomic E-state index is 0.360. The van der Waals surface area contributed by atoms with Gasteiger partial charge in [-0.2, -0.15) is 0 Å². The predicted octanol–water partition coefficient (Wildman–Crippen LogP) is 1.73. The van der Waals surface area contributed by atoms with Gasteiger partial charge in [0.2, 0.25) is 0 Å². The highest BCUT2D eigenvalue weighted by Crippen LogP contribution is 2.50. The highest BCUT2D eigenvalue weighted by atomic mass is 79.9. The van der Waals surface area contributed by atoms with E-state index in [1.54, 1.807) is 0 Å². The number of ketones is 1. The van der Waals surface area contributed by atoms with E-state index in [0.717, 1.165) is 19.4 Å². The molecular formula is C10H16BrNO. The van der Waals surface area contributed by atoms with Crippen LogP contribution in [0.1, 0.15) is 25.7 Å². The van der Waals surface area contributed by atoms with Crippen molar-refractivity contribution in [3.8, 4) is 0 Å². The van der Waals surface area contributed by atoms with Gasteiger partial charge in [-0.1, -0.05) is 15.9 Å². The van der Waals surface area contributed by atoms with Crippen molar-refractivity contribution in [3.05, 3.63) is 0 Å². The maximum atomic E-state index is 11.4. The van der Waals surface area contributed by atoms with Crippen LogP contribution < -0.4 is 5.32 Å². The van der Waals surface area contributed by atoms with Crippen molar-refractivity contribution in [3.63, 3.8) is 0 Å². The maximum absolute atomic E-state index is 11.4. The van der Waals surface area contributed by atoms with Gasteiger partial charge >= 0.3 is 0 Å². The Hall–Kier alpha value is 0.110. The minimum absolute atomic E-state index is 0.360. The molecule has 2 nitrogen and oxygen atoms in total. The van der Waals surface area contributed by atoms with Crippen molar-refractivity contribution >= 4 is 21.7 Å². The van der Waals surface area contributed by atoms with E-state index < -0.39 is 0 Å². The Morgan fingerprint density at radius 1 is 1.54 bits per heavy atom. The fourth-order valence-corrected chi connectivity index (χ4v) is 3.16. The second kappa shape index (κ2) is 3.70. The number of carbonyl (C=O) groups excluding carboxylic acids is 1. The number of rotatable bonds is 2. The summed E-state index contributed by atoms with van der Waals surface area (Å²) in [5.74, 6) is 0.760. The van der Waals surface area contributed by atoms with Gasteiger partial charge in [0.15, 0.2) is 0 Å². The topological polar surface area (TPSA) is 29.1 Å². The van der Waals surface area contributed by atoms with E-state index >= 15 is 0 Å². The lowest BCUT2D eigenvalue weighted by molar-refractivity contribution is -0.128. The zero-order valence-electron chi connectivity index (χ0n) is 7.81. The first-order valence-electron chi connectivity index (χ1n) is 5.05. The van der Waals surface area contributed by atoms with Crippen molar-refractivity contribution in [1.82, 2.24) is 5.32 Å². The van der Waals surface area contributed by atoms with Crippen LogP contribution in [0.25, 0.3) is 0 Å². The van der Waals surface area contributed by atoms with Gasteiger partial charge in [0.1, 0.15) is 5.78 Å². The second-order valence-corrected chi connectivity index (χ2v) is 5.05. The first-order chi connectivity index (χ1) is 6.26. The number of hydrogen-bond donors (Lipinski definition) is 1. The van der Waals surface area contributed by atoms with E-state index in [2.05, 4.69) is 21.2 Å². The van der Waals surface area contributed by atoms with Gasteiger partial charge < -0.3 is 5.32 Å². The molecule has 1 aliphatic carbocycles. The van der Waals surface area contributed by atoms with Crippen LogP contribution in [-0.4, -0.2) is 24.2 Å². The van der Waals surface area contributed by atoms with Gasteiger partial charge in [-0.15, -0.1) is 0 Å². The Kier molecular flexibility index (Phi) is 2.75. The molecule has 1 saturated carbocycles. The molecular weight excluding hydrogens is 230 g/mol. The average molecular weight is 246 g/mol. The van der Waals surface area contributed by atoms with Crippen LogP contribution in [0.3, 0.4) is 0 Å². The molecule has 2 fully saturated rings. The number of nitrogens with one attached hydrogen (secondary N) is 1. The monoisotopic (exact) mass is 245 g/mol. The van der Waals surface area contributed by atoms with Crippen LogP contribution in [0, 0.1) is 11.3 Å². The molecule has 13 heavy (non-hydrogen) atoms. The van der Waals surface area contributed by atoms with Crippen molar-refractivity contribution in [2.24, 2.45) is 11.3 Å². The average Bonchev–Trinajstić information content (AvgIpc) is 2.14. The van der Waals surface area contributed by atoms with E-state index in [4.69, 9.17) is 0 Å². The number of halogens is 1. The van der Waals surface area contributed by atoms with Crippen LogP contribution in [0.4, 0.5) is 0 Å². The lowest BCUT2D eigenvalue weighted by Gasteiger charge is -2.49. The summed E-state index contributed by atoms with van der Waals surface area (Å²) in [6, 6.07) is 0. The zero-order chi connectivity index (χ0) is 9.31. The van der Waals surface area contributed by atoms with E-state index in [1.165, 1.54) is 19.4 Å². The third-order valence-corrected chi connectivity index (χ3v) is 4.06. The molecule has 1 heterocycles. The van der Waals surface area contributed by atoms with Gasteiger partial charge in [0, 0.05) is 12.5 Å². The van der Waals surface area contributed by atoms with Crippen molar-refractivity contribution < 1.29 is 4.79 Å². The molecule has 1 saturated heterocycles. The van der Waals surface area contributed by atoms with Gasteiger partial charge in [0.05, 0.1) is 5.33 Å². The highest BCUT2D eigenvalue weighted by molar-refractivity contribution is 9.09. The molecule has 0 aromatic heterocycles. The molecule has 1 aliphatic heterocycles. The van der Waals surface area contributed by atoms with Gasteiger partial charge in [-0.25, -0.2) is 0 Å². The number of carbonyl (C=O) groups is 1. The zero-order valence-corrected chi connectivity index (χ0v) is 9.40. The lowest BCUT2D eigenvalue weighted by Crippen LogP contribution is -2.50. The smallest absolute Gasteiger partial charge is 0.146 e. The van der Waals surface area contributed by atoms with Crippen molar-refractivity contribution in [2.75, 3.05) is 18.4 Å². The number of hydrogen-bond acceptors (Lipinski definition) is 2. The second-order valence-electron chi connectivity index (χ2n) is 4.49. The van der Waals surface area contributed by atoms with E-state index in [0.29, 0.717) is 22.4 Å². The first-order valence-corrected chi connectivity index (χ1v) is 6.17. The van der Waals surface area contributed by atoms with Gasteiger partial charge in [-0.3, -0.25) is 4.79 Å². The predicted molar refractivity (Wildman–Crippen MR) is 56.1 cm³/mol. The molecule has 0 aromatic carbocycles. The van der Waals surface area contributed by atoms with Crippen LogP contribution >= 0.6 is 15.9 Å². The van der Waals surface area contributed by atoms with E-state index in [9.17, 15) is 4.79 Å². The molecule has 3 heteroatoms. The lowest BCUT2D eigenvalue weighted by atomic mass is 9.58. The molecule has 0 unspecified atom stereocenters. The SMILES string of the molecule is O=C(CBr)C1CC2(CCCNC2)C1.